The monoisotopic (exact) mass is 466 g/mol. The molecule has 0 aliphatic heterocycles. The van der Waals surface area contributed by atoms with E-state index in [1.54, 1.807) is 0 Å². The Bertz CT molecular complexity index is 906. The quantitative estimate of drug-likeness (QED) is 0.330. The first-order valence-electron chi connectivity index (χ1n) is 12.3. The van der Waals surface area contributed by atoms with Gasteiger partial charge in [-0.25, -0.2) is 4.79 Å². The topological polar surface area (TPSA) is 79.5 Å². The molecule has 0 aromatic heterocycles. The molecule has 185 valence electrons. The number of carbonyl (C=O) groups excluding carboxylic acids is 2. The molecule has 0 unspecified atom stereocenters. The van der Waals surface area contributed by atoms with Crippen LogP contribution in [0.4, 0.5) is 10.5 Å². The van der Waals surface area contributed by atoms with Crippen molar-refractivity contribution >= 4 is 17.7 Å². The number of anilines is 1. The summed E-state index contributed by atoms with van der Waals surface area (Å²) in [5.41, 5.74) is 4.26. The molecule has 0 fully saturated rings. The summed E-state index contributed by atoms with van der Waals surface area (Å²) in [5.74, 6) is 0.0303. The first-order chi connectivity index (χ1) is 16.3. The number of ether oxygens (including phenoxy) is 1. The molecule has 0 bridgehead atoms. The minimum absolute atomic E-state index is 0.0303. The van der Waals surface area contributed by atoms with Gasteiger partial charge in [0.1, 0.15) is 5.60 Å². The smallest absolute Gasteiger partial charge is 0.407 e. The molecular weight excluding hydrogens is 426 g/mol. The maximum absolute atomic E-state index is 11.9. The van der Waals surface area contributed by atoms with Crippen LogP contribution in [0.25, 0.3) is 11.1 Å². The van der Waals surface area contributed by atoms with E-state index < -0.39 is 11.7 Å². The van der Waals surface area contributed by atoms with E-state index in [9.17, 15) is 9.59 Å². The van der Waals surface area contributed by atoms with E-state index in [1.165, 1.54) is 16.7 Å². The molecule has 0 saturated carbocycles. The van der Waals surface area contributed by atoms with Crippen LogP contribution in [-0.2, 0) is 16.0 Å². The zero-order chi connectivity index (χ0) is 24.8. The molecule has 2 rings (SSSR count). The van der Waals surface area contributed by atoms with Crippen LogP contribution in [0.1, 0.15) is 64.9 Å². The Balaban J connectivity index is 1.54. The van der Waals surface area contributed by atoms with Crippen molar-refractivity contribution in [1.82, 2.24) is 10.6 Å². The van der Waals surface area contributed by atoms with Gasteiger partial charge in [0.15, 0.2) is 0 Å². The van der Waals surface area contributed by atoms with E-state index in [2.05, 4.69) is 58.4 Å². The molecule has 2 amide bonds. The normalized spacial score (nSPS) is 11.1. The summed E-state index contributed by atoms with van der Waals surface area (Å²) in [6.45, 7) is 6.22. The van der Waals surface area contributed by atoms with Crippen LogP contribution in [0.3, 0.4) is 0 Å². The standard InChI is InChI=1S/C28H40N3O3/c1-28(2,3)34-27(33)31-19-18-30-26(32)17-9-7-5-6-8-12-22-13-10-14-23(20-22)24-15-11-16-25(21-24)29-4/h10-11,13-15,20-21,29H,5-9,12,17-19H2,1-4H3,(H,30,32)(H,31,33). The largest absolute Gasteiger partial charge is 0.444 e. The number of hydrogen-bond acceptors (Lipinski definition) is 4. The number of aryl methyl sites for hydroxylation is 1. The van der Waals surface area contributed by atoms with Gasteiger partial charge in [-0.05, 0) is 62.8 Å². The third-order valence-corrected chi connectivity index (χ3v) is 5.32. The van der Waals surface area contributed by atoms with Gasteiger partial charge in [0, 0.05) is 38.3 Å². The van der Waals surface area contributed by atoms with Gasteiger partial charge in [-0.15, -0.1) is 0 Å². The lowest BCUT2D eigenvalue weighted by Gasteiger charge is -2.19. The highest BCUT2D eigenvalue weighted by Crippen LogP contribution is 2.24. The summed E-state index contributed by atoms with van der Waals surface area (Å²) in [6, 6.07) is 18.1. The van der Waals surface area contributed by atoms with Crippen LogP contribution in [-0.4, -0.2) is 37.7 Å². The third kappa shape index (κ3) is 11.2. The number of nitrogens with one attached hydrogen (secondary N) is 3. The van der Waals surface area contributed by atoms with E-state index in [0.717, 1.165) is 44.2 Å². The molecule has 0 aliphatic carbocycles. The summed E-state index contributed by atoms with van der Waals surface area (Å²) in [6.07, 6.45) is 6.51. The SMILES string of the molecule is CNc1[c]ccc(-c2cccc(CCCCCCCC(=O)NCCNC(=O)OC(C)(C)C)c2)c1. The minimum Gasteiger partial charge on any atom is -0.444 e. The van der Waals surface area contributed by atoms with Crippen LogP contribution in [0.15, 0.2) is 42.5 Å². The number of amides is 2. The third-order valence-electron chi connectivity index (χ3n) is 5.32. The van der Waals surface area contributed by atoms with Gasteiger partial charge < -0.3 is 20.7 Å². The van der Waals surface area contributed by atoms with Gasteiger partial charge in [0.25, 0.3) is 0 Å². The van der Waals surface area contributed by atoms with Crippen LogP contribution in [0.2, 0.25) is 0 Å². The molecule has 0 aliphatic rings. The number of alkyl carbamates (subject to hydrolysis) is 1. The second-order valence-electron chi connectivity index (χ2n) is 9.49. The molecular formula is C28H40N3O3. The fourth-order valence-corrected chi connectivity index (χ4v) is 3.61. The van der Waals surface area contributed by atoms with Gasteiger partial charge in [0.2, 0.25) is 5.91 Å². The van der Waals surface area contributed by atoms with Crippen LogP contribution >= 0.6 is 0 Å². The molecule has 34 heavy (non-hydrogen) atoms. The molecule has 0 saturated heterocycles. The Hall–Kier alpha value is -3.02. The van der Waals surface area contributed by atoms with Gasteiger partial charge in [0.05, 0.1) is 0 Å². The molecule has 0 atom stereocenters. The molecule has 3 N–H and O–H groups in total. The van der Waals surface area contributed by atoms with Crippen LogP contribution < -0.4 is 16.0 Å². The first-order valence-corrected chi connectivity index (χ1v) is 12.3. The second-order valence-corrected chi connectivity index (χ2v) is 9.49. The molecule has 0 spiro atoms. The summed E-state index contributed by atoms with van der Waals surface area (Å²) >= 11 is 0. The van der Waals surface area contributed by atoms with E-state index in [-0.39, 0.29) is 5.91 Å². The van der Waals surface area contributed by atoms with Crippen molar-refractivity contribution in [2.24, 2.45) is 0 Å². The molecule has 2 aromatic carbocycles. The summed E-state index contributed by atoms with van der Waals surface area (Å²) < 4.78 is 5.15. The lowest BCUT2D eigenvalue weighted by Crippen LogP contribution is -2.37. The first kappa shape index (κ1) is 27.2. The predicted molar refractivity (Wildman–Crippen MR) is 139 cm³/mol. The second kappa shape index (κ2) is 14.3. The lowest BCUT2D eigenvalue weighted by atomic mass is 9.99. The van der Waals surface area contributed by atoms with Gasteiger partial charge in [-0.2, -0.15) is 0 Å². The van der Waals surface area contributed by atoms with Gasteiger partial charge in [-0.3, -0.25) is 4.79 Å². The Kier molecular flexibility index (Phi) is 11.4. The zero-order valence-corrected chi connectivity index (χ0v) is 21.1. The molecule has 6 heteroatoms. The molecule has 0 heterocycles. The highest BCUT2D eigenvalue weighted by Gasteiger charge is 2.15. The highest BCUT2D eigenvalue weighted by atomic mass is 16.6. The van der Waals surface area contributed by atoms with Crippen molar-refractivity contribution in [3.05, 3.63) is 54.1 Å². The Labute approximate surface area is 204 Å². The van der Waals surface area contributed by atoms with Gasteiger partial charge in [-0.1, -0.05) is 55.7 Å². The van der Waals surface area contributed by atoms with E-state index in [1.807, 2.05) is 33.9 Å². The van der Waals surface area contributed by atoms with Gasteiger partial charge >= 0.3 is 6.09 Å². The highest BCUT2D eigenvalue weighted by molar-refractivity contribution is 5.76. The maximum Gasteiger partial charge on any atom is 0.407 e. The summed E-state index contributed by atoms with van der Waals surface area (Å²) in [4.78, 5) is 23.5. The Morgan fingerprint density at radius 3 is 2.38 bits per heavy atom. The number of rotatable bonds is 13. The van der Waals surface area contributed by atoms with Crippen LogP contribution in [0, 0.1) is 6.07 Å². The van der Waals surface area contributed by atoms with E-state index in [0.29, 0.717) is 19.5 Å². The summed E-state index contributed by atoms with van der Waals surface area (Å²) in [5, 5.41) is 8.61. The van der Waals surface area contributed by atoms with Crippen molar-refractivity contribution in [3.8, 4) is 11.1 Å². The van der Waals surface area contributed by atoms with Crippen molar-refractivity contribution in [1.29, 1.82) is 0 Å². The van der Waals surface area contributed by atoms with Crippen molar-refractivity contribution < 1.29 is 14.3 Å². The predicted octanol–water partition coefficient (Wildman–Crippen LogP) is 5.72. The van der Waals surface area contributed by atoms with Crippen molar-refractivity contribution in [2.75, 3.05) is 25.5 Å². The molecule has 1 radical (unpaired) electrons. The number of hydrogen-bond donors (Lipinski definition) is 3. The van der Waals surface area contributed by atoms with Crippen molar-refractivity contribution in [2.45, 2.75) is 71.3 Å². The number of carbonyl (C=O) groups is 2. The maximum atomic E-state index is 11.9. The summed E-state index contributed by atoms with van der Waals surface area (Å²) in [7, 11) is 1.91. The fraction of sp³-hybridized carbons (Fsp3) is 0.500. The van der Waals surface area contributed by atoms with Crippen LogP contribution in [0.5, 0.6) is 0 Å². The average molecular weight is 467 g/mol. The Morgan fingerprint density at radius 2 is 1.62 bits per heavy atom. The number of unbranched alkanes of at least 4 members (excludes halogenated alkanes) is 4. The Morgan fingerprint density at radius 1 is 0.912 bits per heavy atom. The van der Waals surface area contributed by atoms with E-state index >= 15 is 0 Å². The molecule has 6 nitrogen and oxygen atoms in total. The van der Waals surface area contributed by atoms with E-state index in [4.69, 9.17) is 4.74 Å². The van der Waals surface area contributed by atoms with Crippen molar-refractivity contribution in [3.63, 3.8) is 0 Å². The molecule has 2 aromatic rings. The average Bonchev–Trinajstić information content (AvgIpc) is 2.80. The fourth-order valence-electron chi connectivity index (χ4n) is 3.61. The zero-order valence-electron chi connectivity index (χ0n) is 21.1. The minimum atomic E-state index is -0.519. The lowest BCUT2D eigenvalue weighted by molar-refractivity contribution is -0.121. The number of benzene rings is 2.